The van der Waals surface area contributed by atoms with Crippen LogP contribution in [0.4, 0.5) is 4.39 Å². The molecule has 23 heavy (non-hydrogen) atoms. The molecular formula is C17H17FN2O3. The lowest BCUT2D eigenvalue weighted by atomic mass is 10.2. The van der Waals surface area contributed by atoms with Gasteiger partial charge in [-0.3, -0.25) is 9.47 Å². The summed E-state index contributed by atoms with van der Waals surface area (Å²) in [5.41, 5.74) is 2.10. The molecule has 0 spiro atoms. The van der Waals surface area contributed by atoms with Crippen molar-refractivity contribution in [3.63, 3.8) is 0 Å². The number of para-hydroxylation sites is 2. The minimum atomic E-state index is -0.404. The van der Waals surface area contributed by atoms with Gasteiger partial charge in [0, 0.05) is 6.54 Å². The van der Waals surface area contributed by atoms with Crippen LogP contribution < -0.4 is 10.5 Å². The lowest BCUT2D eigenvalue weighted by molar-refractivity contribution is 0.253. The van der Waals surface area contributed by atoms with Crippen LogP contribution >= 0.6 is 0 Å². The van der Waals surface area contributed by atoms with Crippen molar-refractivity contribution in [3.8, 4) is 5.75 Å². The molecule has 120 valence electrons. The van der Waals surface area contributed by atoms with E-state index in [1.807, 2.05) is 30.1 Å². The highest BCUT2D eigenvalue weighted by atomic mass is 19.1. The van der Waals surface area contributed by atoms with E-state index in [-0.39, 0.29) is 5.75 Å². The van der Waals surface area contributed by atoms with Gasteiger partial charge in [0.1, 0.15) is 0 Å². The van der Waals surface area contributed by atoms with E-state index in [9.17, 15) is 9.18 Å². The Labute approximate surface area is 132 Å². The van der Waals surface area contributed by atoms with Crippen molar-refractivity contribution in [2.45, 2.75) is 13.2 Å². The Morgan fingerprint density at radius 2 is 2.04 bits per heavy atom. The molecule has 0 unspecified atom stereocenters. The Hall–Kier alpha value is -2.60. The number of benzene rings is 2. The van der Waals surface area contributed by atoms with Crippen LogP contribution in [0, 0.1) is 5.82 Å². The number of ether oxygens (including phenoxy) is 1. The number of hydrogen-bond acceptors (Lipinski definition) is 4. The molecule has 0 aliphatic rings. The summed E-state index contributed by atoms with van der Waals surface area (Å²) in [6.45, 7) is 0.844. The maximum Gasteiger partial charge on any atom is 0.421 e. The molecule has 2 aromatic carbocycles. The first-order chi connectivity index (χ1) is 11.1. The number of fused-ring (bicyclic) bond motifs is 1. The van der Waals surface area contributed by atoms with Crippen molar-refractivity contribution in [2.24, 2.45) is 0 Å². The fraction of sp³-hybridized carbons (Fsp3) is 0.235. The Balaban J connectivity index is 1.79. The van der Waals surface area contributed by atoms with Crippen LogP contribution in [0.15, 0.2) is 51.7 Å². The van der Waals surface area contributed by atoms with Crippen molar-refractivity contribution < 1.29 is 13.5 Å². The van der Waals surface area contributed by atoms with Gasteiger partial charge in [-0.15, -0.1) is 0 Å². The van der Waals surface area contributed by atoms with Gasteiger partial charge in [0.05, 0.1) is 19.3 Å². The Bertz CT molecular complexity index is 885. The molecule has 6 heteroatoms. The summed E-state index contributed by atoms with van der Waals surface area (Å²) in [5, 5.41) is 0. The normalized spacial score (nSPS) is 11.3. The summed E-state index contributed by atoms with van der Waals surface area (Å²) in [6.07, 6.45) is 0. The summed E-state index contributed by atoms with van der Waals surface area (Å²) < 4.78 is 25.4. The molecule has 3 rings (SSSR count). The first-order valence-electron chi connectivity index (χ1n) is 7.18. The largest absolute Gasteiger partial charge is 0.494 e. The summed E-state index contributed by atoms with van der Waals surface area (Å²) in [6, 6.07) is 12.1. The summed E-state index contributed by atoms with van der Waals surface area (Å²) in [5.74, 6) is -0.586. The van der Waals surface area contributed by atoms with Gasteiger partial charge in [-0.1, -0.05) is 18.2 Å². The number of halogens is 1. The number of oxazole rings is 1. The molecule has 1 heterocycles. The molecule has 0 radical (unpaired) electrons. The molecule has 0 saturated carbocycles. The number of nitrogens with zero attached hydrogens (tertiary/aromatic N) is 2. The number of methoxy groups -OCH3 is 1. The van der Waals surface area contributed by atoms with Crippen molar-refractivity contribution in [2.75, 3.05) is 14.2 Å². The average molecular weight is 316 g/mol. The smallest absolute Gasteiger partial charge is 0.421 e. The van der Waals surface area contributed by atoms with Crippen LogP contribution in [0.3, 0.4) is 0 Å². The number of aromatic nitrogens is 1. The highest BCUT2D eigenvalue weighted by Gasteiger charge is 2.11. The van der Waals surface area contributed by atoms with Gasteiger partial charge in [0.2, 0.25) is 0 Å². The fourth-order valence-corrected chi connectivity index (χ4v) is 2.56. The van der Waals surface area contributed by atoms with Crippen molar-refractivity contribution >= 4 is 11.1 Å². The zero-order valence-electron chi connectivity index (χ0n) is 13.0. The minimum Gasteiger partial charge on any atom is -0.494 e. The van der Waals surface area contributed by atoms with Gasteiger partial charge < -0.3 is 9.15 Å². The highest BCUT2D eigenvalue weighted by molar-refractivity contribution is 5.72. The molecule has 0 fully saturated rings. The van der Waals surface area contributed by atoms with E-state index in [0.717, 1.165) is 11.1 Å². The monoisotopic (exact) mass is 316 g/mol. The molecule has 0 amide bonds. The Kier molecular flexibility index (Phi) is 4.16. The van der Waals surface area contributed by atoms with Crippen molar-refractivity contribution in [1.29, 1.82) is 0 Å². The van der Waals surface area contributed by atoms with Gasteiger partial charge in [0.25, 0.3) is 0 Å². The van der Waals surface area contributed by atoms with Gasteiger partial charge >= 0.3 is 5.76 Å². The van der Waals surface area contributed by atoms with E-state index in [0.29, 0.717) is 18.8 Å². The summed E-state index contributed by atoms with van der Waals surface area (Å²) in [7, 11) is 3.29. The van der Waals surface area contributed by atoms with Gasteiger partial charge in [0.15, 0.2) is 17.1 Å². The molecule has 0 aliphatic carbocycles. The Morgan fingerprint density at radius 1 is 1.26 bits per heavy atom. The predicted octanol–water partition coefficient (Wildman–Crippen LogP) is 2.83. The fourth-order valence-electron chi connectivity index (χ4n) is 2.56. The van der Waals surface area contributed by atoms with Crippen LogP contribution in [0.2, 0.25) is 0 Å². The third kappa shape index (κ3) is 3.12. The molecule has 0 bridgehead atoms. The van der Waals surface area contributed by atoms with Gasteiger partial charge in [-0.2, -0.15) is 0 Å². The van der Waals surface area contributed by atoms with E-state index < -0.39 is 11.6 Å². The maximum absolute atomic E-state index is 13.7. The van der Waals surface area contributed by atoms with Crippen LogP contribution in [0.25, 0.3) is 11.1 Å². The molecule has 5 nitrogen and oxygen atoms in total. The van der Waals surface area contributed by atoms with Crippen molar-refractivity contribution in [3.05, 3.63) is 64.4 Å². The molecule has 1 aromatic heterocycles. The lowest BCUT2D eigenvalue weighted by Crippen LogP contribution is -2.27. The zero-order valence-corrected chi connectivity index (χ0v) is 13.0. The third-order valence-electron chi connectivity index (χ3n) is 3.63. The topological polar surface area (TPSA) is 47.6 Å². The summed E-state index contributed by atoms with van der Waals surface area (Å²) >= 11 is 0. The second-order valence-electron chi connectivity index (χ2n) is 5.39. The average Bonchev–Trinajstić information content (AvgIpc) is 2.83. The minimum absolute atomic E-state index is 0.216. The lowest BCUT2D eigenvalue weighted by Gasteiger charge is -2.17. The van der Waals surface area contributed by atoms with E-state index in [1.165, 1.54) is 13.2 Å². The van der Waals surface area contributed by atoms with Crippen LogP contribution in [0.1, 0.15) is 5.56 Å². The summed E-state index contributed by atoms with van der Waals surface area (Å²) in [4.78, 5) is 13.9. The highest BCUT2D eigenvalue weighted by Crippen LogP contribution is 2.19. The molecule has 0 aliphatic heterocycles. The quantitative estimate of drug-likeness (QED) is 0.726. The van der Waals surface area contributed by atoms with E-state index in [4.69, 9.17) is 9.15 Å². The van der Waals surface area contributed by atoms with Crippen molar-refractivity contribution in [1.82, 2.24) is 9.47 Å². The van der Waals surface area contributed by atoms with E-state index in [2.05, 4.69) is 0 Å². The second-order valence-corrected chi connectivity index (χ2v) is 5.39. The SMILES string of the molecule is COc1ccc(CN(C)Cn2c(=O)oc3ccccc32)cc1F. The first kappa shape index (κ1) is 15.3. The van der Waals surface area contributed by atoms with E-state index >= 15 is 0 Å². The molecule has 0 atom stereocenters. The van der Waals surface area contributed by atoms with Crippen LogP contribution in [-0.2, 0) is 13.2 Å². The van der Waals surface area contributed by atoms with Gasteiger partial charge in [-0.05, 0) is 36.9 Å². The van der Waals surface area contributed by atoms with Gasteiger partial charge in [-0.25, -0.2) is 9.18 Å². The standard InChI is InChI=1S/C17H17FN2O3/c1-19(10-12-7-8-15(22-2)13(18)9-12)11-20-14-5-3-4-6-16(14)23-17(20)21/h3-9H,10-11H2,1-2H3. The van der Waals surface area contributed by atoms with Crippen LogP contribution in [-0.4, -0.2) is 23.6 Å². The Morgan fingerprint density at radius 3 is 2.78 bits per heavy atom. The molecule has 0 saturated heterocycles. The molecule has 3 aromatic rings. The second kappa shape index (κ2) is 6.26. The third-order valence-corrected chi connectivity index (χ3v) is 3.63. The molecule has 0 N–H and O–H groups in total. The van der Waals surface area contributed by atoms with E-state index in [1.54, 1.807) is 22.8 Å². The van der Waals surface area contributed by atoms with Crippen LogP contribution in [0.5, 0.6) is 5.75 Å². The number of rotatable bonds is 5. The maximum atomic E-state index is 13.7. The zero-order chi connectivity index (χ0) is 16.4. The number of hydrogen-bond donors (Lipinski definition) is 0. The predicted molar refractivity (Wildman–Crippen MR) is 84.9 cm³/mol. The first-order valence-corrected chi connectivity index (χ1v) is 7.18. The molecular weight excluding hydrogens is 299 g/mol.